The summed E-state index contributed by atoms with van der Waals surface area (Å²) in [4.78, 5) is 0.197. The number of fused-ring (bicyclic) bond motifs is 1. The van der Waals surface area contributed by atoms with E-state index in [-0.39, 0.29) is 17.7 Å². The van der Waals surface area contributed by atoms with Crippen molar-refractivity contribution < 1.29 is 17.9 Å². The number of rotatable bonds is 4. The molecule has 1 aromatic rings. The highest BCUT2D eigenvalue weighted by atomic mass is 32.2. The van der Waals surface area contributed by atoms with Gasteiger partial charge in [-0.05, 0) is 19.1 Å². The summed E-state index contributed by atoms with van der Waals surface area (Å²) in [5.74, 6) is 1.49. The fraction of sp³-hybridized carbons (Fsp3) is 0.455. The minimum atomic E-state index is -3.52. The molecule has 0 fully saturated rings. The molecule has 0 amide bonds. The molecule has 0 bridgehead atoms. The van der Waals surface area contributed by atoms with Gasteiger partial charge in [-0.25, -0.2) is 8.42 Å². The van der Waals surface area contributed by atoms with Crippen molar-refractivity contribution in [2.75, 3.05) is 19.6 Å². The summed E-state index contributed by atoms with van der Waals surface area (Å²) < 4.78 is 36.3. The molecule has 1 heterocycles. The van der Waals surface area contributed by atoms with Crippen LogP contribution in [0.25, 0.3) is 0 Å². The van der Waals surface area contributed by atoms with Gasteiger partial charge < -0.3 is 9.47 Å². The van der Waals surface area contributed by atoms with Crippen molar-refractivity contribution in [2.24, 2.45) is 0 Å². The molecule has 7 heteroatoms. The molecule has 2 rings (SSSR count). The Hall–Kier alpha value is -0.920. The van der Waals surface area contributed by atoms with E-state index in [0.717, 1.165) is 0 Å². The van der Waals surface area contributed by atoms with Gasteiger partial charge in [0.25, 0.3) is 0 Å². The quantitative estimate of drug-likeness (QED) is 0.850. The molecule has 0 aliphatic carbocycles. The van der Waals surface area contributed by atoms with Crippen molar-refractivity contribution in [3.05, 3.63) is 18.2 Å². The Labute approximate surface area is 112 Å². The van der Waals surface area contributed by atoms with Crippen molar-refractivity contribution in [1.82, 2.24) is 4.31 Å². The zero-order chi connectivity index (χ0) is 13.3. The third-order valence-corrected chi connectivity index (χ3v) is 5.40. The van der Waals surface area contributed by atoms with E-state index in [0.29, 0.717) is 17.3 Å². The molecule has 0 radical (unpaired) electrons. The van der Waals surface area contributed by atoms with Gasteiger partial charge in [-0.1, -0.05) is 0 Å². The van der Waals surface area contributed by atoms with Crippen LogP contribution in [0.4, 0.5) is 0 Å². The zero-order valence-corrected chi connectivity index (χ0v) is 11.9. The van der Waals surface area contributed by atoms with E-state index < -0.39 is 10.0 Å². The van der Waals surface area contributed by atoms with Gasteiger partial charge in [0.1, 0.15) is 0 Å². The van der Waals surface area contributed by atoms with Crippen LogP contribution >= 0.6 is 12.6 Å². The molecular weight excluding hydrogens is 274 g/mol. The lowest BCUT2D eigenvalue weighted by molar-refractivity contribution is 0.174. The van der Waals surface area contributed by atoms with Crippen molar-refractivity contribution in [3.63, 3.8) is 0 Å². The molecule has 0 N–H and O–H groups in total. The third-order valence-electron chi connectivity index (χ3n) is 2.91. The molecule has 1 aliphatic heterocycles. The Kier molecular flexibility index (Phi) is 3.74. The van der Waals surface area contributed by atoms with Crippen molar-refractivity contribution in [1.29, 1.82) is 0 Å². The summed E-state index contributed by atoms with van der Waals surface area (Å²) >= 11 is 4.11. The predicted molar refractivity (Wildman–Crippen MR) is 70.8 cm³/mol. The van der Waals surface area contributed by atoms with Crippen LogP contribution in [0.15, 0.2) is 23.1 Å². The van der Waals surface area contributed by atoms with E-state index in [1.54, 1.807) is 20.0 Å². The first kappa shape index (κ1) is 13.5. The number of thiol groups is 1. The number of hydrogen-bond donors (Lipinski definition) is 1. The minimum absolute atomic E-state index is 0.127. The Bertz CT molecular complexity index is 544. The summed E-state index contributed by atoms with van der Waals surface area (Å²) in [6.45, 7) is 1.93. The first-order valence-electron chi connectivity index (χ1n) is 5.45. The summed E-state index contributed by atoms with van der Waals surface area (Å²) in [6.07, 6.45) is 0. The molecule has 100 valence electrons. The topological polar surface area (TPSA) is 55.8 Å². The Morgan fingerprint density at radius 3 is 2.72 bits per heavy atom. The van der Waals surface area contributed by atoms with Crippen LogP contribution in [-0.4, -0.2) is 38.4 Å². The maximum atomic E-state index is 12.3. The molecule has 1 atom stereocenters. The molecule has 0 spiro atoms. The normalized spacial score (nSPS) is 16.0. The van der Waals surface area contributed by atoms with E-state index in [1.165, 1.54) is 16.4 Å². The summed E-state index contributed by atoms with van der Waals surface area (Å²) in [5.41, 5.74) is 0. The second-order valence-corrected chi connectivity index (χ2v) is 6.43. The lowest BCUT2D eigenvalue weighted by atomic mass is 10.3. The maximum absolute atomic E-state index is 12.3. The number of hydrogen-bond acceptors (Lipinski definition) is 5. The van der Waals surface area contributed by atoms with Crippen LogP contribution < -0.4 is 9.47 Å². The third kappa shape index (κ3) is 2.30. The van der Waals surface area contributed by atoms with Gasteiger partial charge in [0.2, 0.25) is 16.8 Å². The average Bonchev–Trinajstić information content (AvgIpc) is 2.83. The van der Waals surface area contributed by atoms with Gasteiger partial charge in [0.05, 0.1) is 4.90 Å². The number of benzene rings is 1. The second kappa shape index (κ2) is 4.99. The van der Waals surface area contributed by atoms with E-state index in [9.17, 15) is 8.42 Å². The van der Waals surface area contributed by atoms with Crippen LogP contribution in [0.2, 0.25) is 0 Å². The standard InChI is InChI=1S/C11H15NO4S2/c1-8(6-17)12(2)18(13,14)9-3-4-10-11(5-9)16-7-15-10/h3-5,8,17H,6-7H2,1-2H3/t8-/m1/s1. The van der Waals surface area contributed by atoms with Crippen molar-refractivity contribution in [3.8, 4) is 11.5 Å². The van der Waals surface area contributed by atoms with E-state index >= 15 is 0 Å². The van der Waals surface area contributed by atoms with E-state index in [1.807, 2.05) is 0 Å². The number of sulfonamides is 1. The van der Waals surface area contributed by atoms with E-state index in [2.05, 4.69) is 12.6 Å². The first-order chi connectivity index (χ1) is 8.46. The molecule has 0 aromatic heterocycles. The molecule has 0 unspecified atom stereocenters. The van der Waals surface area contributed by atoms with Crippen LogP contribution in [0, 0.1) is 0 Å². The lowest BCUT2D eigenvalue weighted by Crippen LogP contribution is -2.36. The van der Waals surface area contributed by atoms with Gasteiger partial charge in [-0.2, -0.15) is 16.9 Å². The number of nitrogens with zero attached hydrogens (tertiary/aromatic N) is 1. The average molecular weight is 289 g/mol. The van der Waals surface area contributed by atoms with E-state index in [4.69, 9.17) is 9.47 Å². The smallest absolute Gasteiger partial charge is 0.243 e. The largest absolute Gasteiger partial charge is 0.454 e. The summed E-state index contributed by atoms with van der Waals surface area (Å²) in [6, 6.07) is 4.43. The van der Waals surface area contributed by atoms with Gasteiger partial charge in [-0.15, -0.1) is 0 Å². The van der Waals surface area contributed by atoms with Gasteiger partial charge >= 0.3 is 0 Å². The van der Waals surface area contributed by atoms with Crippen molar-refractivity contribution >= 4 is 22.7 Å². The highest BCUT2D eigenvalue weighted by Crippen LogP contribution is 2.34. The number of ether oxygens (including phenoxy) is 2. The van der Waals surface area contributed by atoms with Crippen LogP contribution in [0.5, 0.6) is 11.5 Å². The molecular formula is C11H15NO4S2. The highest BCUT2D eigenvalue weighted by molar-refractivity contribution is 7.89. The summed E-state index contributed by atoms with van der Waals surface area (Å²) in [7, 11) is -1.98. The lowest BCUT2D eigenvalue weighted by Gasteiger charge is -2.22. The predicted octanol–water partition coefficient (Wildman–Crippen LogP) is 1.35. The SMILES string of the molecule is C[C@H](CS)N(C)S(=O)(=O)c1ccc2c(c1)OCO2. The monoisotopic (exact) mass is 289 g/mol. The van der Waals surface area contributed by atoms with Crippen LogP contribution in [0.3, 0.4) is 0 Å². The second-order valence-electron chi connectivity index (χ2n) is 4.07. The zero-order valence-electron chi connectivity index (χ0n) is 10.2. The fourth-order valence-corrected chi connectivity index (χ4v) is 3.29. The van der Waals surface area contributed by atoms with Crippen LogP contribution in [-0.2, 0) is 10.0 Å². The Morgan fingerprint density at radius 1 is 1.39 bits per heavy atom. The molecule has 1 aromatic carbocycles. The van der Waals surface area contributed by atoms with Gasteiger partial charge in [0, 0.05) is 24.9 Å². The molecule has 5 nitrogen and oxygen atoms in total. The molecule has 0 saturated carbocycles. The fourth-order valence-electron chi connectivity index (χ4n) is 1.56. The highest BCUT2D eigenvalue weighted by Gasteiger charge is 2.26. The Morgan fingerprint density at radius 2 is 2.06 bits per heavy atom. The molecule has 1 aliphatic rings. The van der Waals surface area contributed by atoms with Crippen molar-refractivity contribution in [2.45, 2.75) is 17.9 Å². The molecule has 18 heavy (non-hydrogen) atoms. The Balaban J connectivity index is 2.36. The van der Waals surface area contributed by atoms with Gasteiger partial charge in [0.15, 0.2) is 11.5 Å². The molecule has 0 saturated heterocycles. The maximum Gasteiger partial charge on any atom is 0.243 e. The first-order valence-corrected chi connectivity index (χ1v) is 7.52. The summed E-state index contributed by atoms with van der Waals surface area (Å²) in [5, 5.41) is 0. The van der Waals surface area contributed by atoms with Gasteiger partial charge in [-0.3, -0.25) is 0 Å². The van der Waals surface area contributed by atoms with Crippen LogP contribution in [0.1, 0.15) is 6.92 Å². The minimum Gasteiger partial charge on any atom is -0.454 e.